The molecule has 0 fully saturated rings. The third-order valence-electron chi connectivity index (χ3n) is 2.69. The summed E-state index contributed by atoms with van der Waals surface area (Å²) in [7, 11) is 2.55. The number of nitrogens with zero attached hydrogens (tertiary/aromatic N) is 3. The summed E-state index contributed by atoms with van der Waals surface area (Å²) >= 11 is 0. The first-order valence-corrected chi connectivity index (χ1v) is 6.36. The van der Waals surface area contributed by atoms with Crippen molar-refractivity contribution in [1.82, 2.24) is 9.97 Å². The standard InChI is InChI=1S/C13H19N3O5/c1-5-21-13-9(2)12(14-8-15-13)16(6-10(17)19-3)7-11(18)20-4/h8H,5-7H2,1-4H3. The summed E-state index contributed by atoms with van der Waals surface area (Å²) in [5.41, 5.74) is 0.632. The number of esters is 2. The van der Waals surface area contributed by atoms with E-state index in [1.54, 1.807) is 6.92 Å². The lowest BCUT2D eigenvalue weighted by Crippen LogP contribution is -2.36. The van der Waals surface area contributed by atoms with Gasteiger partial charge in [-0.15, -0.1) is 0 Å². The van der Waals surface area contributed by atoms with E-state index in [-0.39, 0.29) is 13.1 Å². The number of carbonyl (C=O) groups excluding carboxylic acids is 2. The lowest BCUT2D eigenvalue weighted by molar-refractivity contribution is -0.140. The Kier molecular flexibility index (Phi) is 6.38. The van der Waals surface area contributed by atoms with Gasteiger partial charge in [0.25, 0.3) is 0 Å². The van der Waals surface area contributed by atoms with Gasteiger partial charge in [0.05, 0.1) is 26.4 Å². The number of hydrogen-bond acceptors (Lipinski definition) is 8. The lowest BCUT2D eigenvalue weighted by Gasteiger charge is -2.23. The second-order valence-corrected chi connectivity index (χ2v) is 4.07. The van der Waals surface area contributed by atoms with E-state index in [9.17, 15) is 9.59 Å². The summed E-state index contributed by atoms with van der Waals surface area (Å²) in [6, 6.07) is 0. The first-order chi connectivity index (χ1) is 10.0. The fraction of sp³-hybridized carbons (Fsp3) is 0.538. The van der Waals surface area contributed by atoms with Crippen molar-refractivity contribution in [2.24, 2.45) is 0 Å². The summed E-state index contributed by atoms with van der Waals surface area (Å²) < 4.78 is 14.6. The highest BCUT2D eigenvalue weighted by atomic mass is 16.5. The van der Waals surface area contributed by atoms with Gasteiger partial charge in [0.1, 0.15) is 25.2 Å². The van der Waals surface area contributed by atoms with Crippen LogP contribution in [0.4, 0.5) is 5.82 Å². The van der Waals surface area contributed by atoms with Crippen molar-refractivity contribution >= 4 is 17.8 Å². The van der Waals surface area contributed by atoms with E-state index in [1.807, 2.05) is 6.92 Å². The van der Waals surface area contributed by atoms with Crippen molar-refractivity contribution < 1.29 is 23.8 Å². The molecule has 8 heteroatoms. The molecule has 0 saturated carbocycles. The van der Waals surface area contributed by atoms with Gasteiger partial charge < -0.3 is 19.1 Å². The SMILES string of the molecule is CCOc1ncnc(N(CC(=O)OC)CC(=O)OC)c1C. The molecule has 0 spiro atoms. The zero-order valence-electron chi connectivity index (χ0n) is 12.6. The number of anilines is 1. The van der Waals surface area contributed by atoms with Crippen LogP contribution >= 0.6 is 0 Å². The second kappa shape index (κ2) is 8.03. The summed E-state index contributed by atoms with van der Waals surface area (Å²) in [6.07, 6.45) is 1.31. The molecule has 0 saturated heterocycles. The van der Waals surface area contributed by atoms with Gasteiger partial charge in [-0.2, -0.15) is 0 Å². The molecule has 8 nitrogen and oxygen atoms in total. The van der Waals surface area contributed by atoms with Crippen LogP contribution in [-0.2, 0) is 19.1 Å². The number of rotatable bonds is 7. The van der Waals surface area contributed by atoms with Crippen LogP contribution in [0.3, 0.4) is 0 Å². The molecule has 0 aliphatic carbocycles. The Hall–Kier alpha value is -2.38. The third kappa shape index (κ3) is 4.59. The van der Waals surface area contributed by atoms with Crippen molar-refractivity contribution in [1.29, 1.82) is 0 Å². The normalized spacial score (nSPS) is 9.90. The Morgan fingerprint density at radius 3 is 2.19 bits per heavy atom. The Balaban J connectivity index is 3.09. The average Bonchev–Trinajstić information content (AvgIpc) is 2.48. The van der Waals surface area contributed by atoms with Gasteiger partial charge in [-0.3, -0.25) is 9.59 Å². The van der Waals surface area contributed by atoms with Gasteiger partial charge in [-0.1, -0.05) is 0 Å². The minimum Gasteiger partial charge on any atom is -0.478 e. The van der Waals surface area contributed by atoms with Gasteiger partial charge in [0.2, 0.25) is 5.88 Å². The molecular formula is C13H19N3O5. The summed E-state index contributed by atoms with van der Waals surface area (Å²) in [4.78, 5) is 32.6. The van der Waals surface area contributed by atoms with Crippen LogP contribution in [0.15, 0.2) is 6.33 Å². The number of carbonyl (C=O) groups is 2. The summed E-state index contributed by atoms with van der Waals surface area (Å²) in [5.74, 6) is -0.156. The number of ether oxygens (including phenoxy) is 3. The topological polar surface area (TPSA) is 90.9 Å². The van der Waals surface area contributed by atoms with Crippen LogP contribution in [0, 0.1) is 6.92 Å². The summed E-state index contributed by atoms with van der Waals surface area (Å²) in [6.45, 7) is 3.78. The van der Waals surface area contributed by atoms with E-state index in [2.05, 4.69) is 19.4 Å². The monoisotopic (exact) mass is 297 g/mol. The molecule has 0 aliphatic heterocycles. The fourth-order valence-corrected chi connectivity index (χ4v) is 1.67. The van der Waals surface area contributed by atoms with Crippen LogP contribution in [0.1, 0.15) is 12.5 Å². The van der Waals surface area contributed by atoms with E-state index < -0.39 is 11.9 Å². The van der Waals surface area contributed by atoms with E-state index >= 15 is 0 Å². The molecule has 0 atom stereocenters. The number of methoxy groups -OCH3 is 2. The molecule has 0 N–H and O–H groups in total. The molecule has 21 heavy (non-hydrogen) atoms. The predicted molar refractivity (Wildman–Crippen MR) is 74.2 cm³/mol. The quantitative estimate of drug-likeness (QED) is 0.665. The molecule has 0 unspecified atom stereocenters. The van der Waals surface area contributed by atoms with E-state index in [0.717, 1.165) is 0 Å². The lowest BCUT2D eigenvalue weighted by atomic mass is 10.3. The Morgan fingerprint density at radius 2 is 1.71 bits per heavy atom. The first-order valence-electron chi connectivity index (χ1n) is 6.36. The minimum absolute atomic E-state index is 0.130. The first kappa shape index (κ1) is 16.7. The average molecular weight is 297 g/mol. The summed E-state index contributed by atoms with van der Waals surface area (Å²) in [5, 5.41) is 0. The van der Waals surface area contributed by atoms with Crippen molar-refractivity contribution in [3.8, 4) is 5.88 Å². The Bertz CT molecular complexity index is 489. The smallest absolute Gasteiger partial charge is 0.325 e. The highest BCUT2D eigenvalue weighted by molar-refractivity contribution is 5.81. The largest absolute Gasteiger partial charge is 0.478 e. The van der Waals surface area contributed by atoms with Crippen LogP contribution in [-0.4, -0.2) is 55.8 Å². The van der Waals surface area contributed by atoms with Crippen molar-refractivity contribution in [3.63, 3.8) is 0 Å². The van der Waals surface area contributed by atoms with Crippen molar-refractivity contribution in [2.45, 2.75) is 13.8 Å². The maximum atomic E-state index is 11.5. The molecule has 0 bridgehead atoms. The van der Waals surface area contributed by atoms with Crippen molar-refractivity contribution in [2.75, 3.05) is 38.8 Å². The van der Waals surface area contributed by atoms with Crippen LogP contribution < -0.4 is 9.64 Å². The van der Waals surface area contributed by atoms with Gasteiger partial charge in [-0.25, -0.2) is 9.97 Å². The molecule has 0 amide bonds. The molecule has 0 aromatic carbocycles. The molecule has 1 aromatic heterocycles. The highest BCUT2D eigenvalue weighted by Crippen LogP contribution is 2.23. The minimum atomic E-state index is -0.491. The molecule has 116 valence electrons. The number of hydrogen-bond donors (Lipinski definition) is 0. The van der Waals surface area contributed by atoms with Crippen LogP contribution in [0.2, 0.25) is 0 Å². The van der Waals surface area contributed by atoms with Gasteiger partial charge in [0.15, 0.2) is 0 Å². The maximum Gasteiger partial charge on any atom is 0.325 e. The predicted octanol–water partition coefficient (Wildman–Crippen LogP) is 0.336. The maximum absolute atomic E-state index is 11.5. The van der Waals surface area contributed by atoms with Crippen molar-refractivity contribution in [3.05, 3.63) is 11.9 Å². The molecule has 1 aromatic rings. The number of aromatic nitrogens is 2. The molecule has 0 radical (unpaired) electrons. The Labute approximate surface area is 123 Å². The van der Waals surface area contributed by atoms with E-state index in [4.69, 9.17) is 4.74 Å². The van der Waals surface area contributed by atoms with Gasteiger partial charge in [0, 0.05) is 0 Å². The zero-order chi connectivity index (χ0) is 15.8. The van der Waals surface area contributed by atoms with Gasteiger partial charge >= 0.3 is 11.9 Å². The second-order valence-electron chi connectivity index (χ2n) is 4.07. The third-order valence-corrected chi connectivity index (χ3v) is 2.69. The van der Waals surface area contributed by atoms with Gasteiger partial charge in [-0.05, 0) is 13.8 Å². The molecular weight excluding hydrogens is 278 g/mol. The highest BCUT2D eigenvalue weighted by Gasteiger charge is 2.21. The Morgan fingerprint density at radius 1 is 1.14 bits per heavy atom. The van der Waals surface area contributed by atoms with E-state index in [1.165, 1.54) is 25.4 Å². The molecule has 1 heterocycles. The zero-order valence-corrected chi connectivity index (χ0v) is 12.6. The van der Waals surface area contributed by atoms with E-state index in [0.29, 0.717) is 23.9 Å². The molecule has 1 rings (SSSR count). The van der Waals surface area contributed by atoms with Crippen LogP contribution in [0.5, 0.6) is 5.88 Å². The van der Waals surface area contributed by atoms with Crippen LogP contribution in [0.25, 0.3) is 0 Å². The molecule has 0 aliphatic rings. The fourth-order valence-electron chi connectivity index (χ4n) is 1.67.